The average molecular weight is 345 g/mol. The summed E-state index contributed by atoms with van der Waals surface area (Å²) >= 11 is 1.60. The minimum atomic E-state index is -0.152. The Hall–Kier alpha value is -3.18. The molecule has 4 aromatic rings. The van der Waals surface area contributed by atoms with Gasteiger partial charge in [-0.25, -0.2) is 4.98 Å². The molecule has 4 nitrogen and oxygen atoms in total. The van der Waals surface area contributed by atoms with E-state index in [1.54, 1.807) is 17.4 Å². The van der Waals surface area contributed by atoms with Gasteiger partial charge < -0.3 is 9.72 Å². The molecule has 0 atom stereocenters. The highest BCUT2D eigenvalue weighted by Gasteiger charge is 2.06. The molecule has 1 N–H and O–H groups in total. The van der Waals surface area contributed by atoms with E-state index in [4.69, 9.17) is 0 Å². The van der Waals surface area contributed by atoms with Crippen LogP contribution < -0.4 is 5.32 Å². The number of aromatic nitrogens is 2. The van der Waals surface area contributed by atoms with Crippen molar-refractivity contribution in [2.24, 2.45) is 0 Å². The lowest BCUT2D eigenvalue weighted by molar-refractivity contribution is -0.111. The van der Waals surface area contributed by atoms with E-state index in [1.165, 1.54) is 0 Å². The van der Waals surface area contributed by atoms with Gasteiger partial charge >= 0.3 is 0 Å². The monoisotopic (exact) mass is 345 g/mol. The fourth-order valence-electron chi connectivity index (χ4n) is 2.56. The van der Waals surface area contributed by atoms with Gasteiger partial charge in [0.25, 0.3) is 0 Å². The van der Waals surface area contributed by atoms with Crippen molar-refractivity contribution >= 4 is 34.7 Å². The Kier molecular flexibility index (Phi) is 4.14. The van der Waals surface area contributed by atoms with Gasteiger partial charge in [0.2, 0.25) is 5.91 Å². The predicted molar refractivity (Wildman–Crippen MR) is 103 cm³/mol. The molecule has 5 heteroatoms. The first-order valence-corrected chi connectivity index (χ1v) is 8.73. The number of rotatable bonds is 4. The van der Waals surface area contributed by atoms with E-state index in [0.717, 1.165) is 27.5 Å². The molecule has 1 amide bonds. The third kappa shape index (κ3) is 3.51. The van der Waals surface area contributed by atoms with Gasteiger partial charge in [-0.3, -0.25) is 4.79 Å². The van der Waals surface area contributed by atoms with Crippen LogP contribution in [0.15, 0.2) is 78.4 Å². The van der Waals surface area contributed by atoms with Crippen molar-refractivity contribution in [3.05, 3.63) is 83.3 Å². The predicted octanol–water partition coefficient (Wildman–Crippen LogP) is 4.71. The molecule has 0 fully saturated rings. The van der Waals surface area contributed by atoms with Gasteiger partial charge in [-0.05, 0) is 41.8 Å². The van der Waals surface area contributed by atoms with E-state index in [1.807, 2.05) is 82.8 Å². The number of fused-ring (bicyclic) bond motifs is 1. The summed E-state index contributed by atoms with van der Waals surface area (Å²) in [7, 11) is 0. The van der Waals surface area contributed by atoms with Gasteiger partial charge in [0.1, 0.15) is 5.65 Å². The van der Waals surface area contributed by atoms with Crippen LogP contribution in [0.1, 0.15) is 4.88 Å². The Labute approximate surface area is 149 Å². The molecule has 3 aromatic heterocycles. The molecule has 0 radical (unpaired) electrons. The van der Waals surface area contributed by atoms with Gasteiger partial charge in [0, 0.05) is 34.6 Å². The van der Waals surface area contributed by atoms with Crippen LogP contribution in [0.3, 0.4) is 0 Å². The number of thiophene rings is 1. The fourth-order valence-corrected chi connectivity index (χ4v) is 3.18. The highest BCUT2D eigenvalue weighted by molar-refractivity contribution is 7.10. The number of pyridine rings is 1. The molecule has 0 spiro atoms. The number of nitrogens with zero attached hydrogens (tertiary/aromatic N) is 2. The van der Waals surface area contributed by atoms with Crippen LogP contribution in [0.4, 0.5) is 5.69 Å². The van der Waals surface area contributed by atoms with Crippen molar-refractivity contribution in [2.75, 3.05) is 5.32 Å². The van der Waals surface area contributed by atoms with Crippen molar-refractivity contribution in [1.29, 1.82) is 0 Å². The number of nitrogens with one attached hydrogen (secondary N) is 1. The van der Waals surface area contributed by atoms with Crippen LogP contribution in [0.5, 0.6) is 0 Å². The molecule has 3 heterocycles. The quantitative estimate of drug-likeness (QED) is 0.544. The Morgan fingerprint density at radius 3 is 2.92 bits per heavy atom. The maximum Gasteiger partial charge on any atom is 0.248 e. The first-order valence-electron chi connectivity index (χ1n) is 7.85. The lowest BCUT2D eigenvalue weighted by atomic mass is 10.1. The number of amides is 1. The van der Waals surface area contributed by atoms with Crippen LogP contribution in [0, 0.1) is 0 Å². The molecule has 4 rings (SSSR count). The zero-order valence-corrected chi connectivity index (χ0v) is 14.1. The zero-order valence-electron chi connectivity index (χ0n) is 13.3. The molecule has 122 valence electrons. The third-order valence-electron chi connectivity index (χ3n) is 3.73. The Morgan fingerprint density at radius 2 is 2.08 bits per heavy atom. The minimum Gasteiger partial charge on any atom is -0.322 e. The van der Waals surface area contributed by atoms with Crippen LogP contribution in [-0.4, -0.2) is 15.3 Å². The topological polar surface area (TPSA) is 46.4 Å². The second kappa shape index (κ2) is 6.75. The first kappa shape index (κ1) is 15.4. The summed E-state index contributed by atoms with van der Waals surface area (Å²) in [5, 5.41) is 4.87. The first-order chi connectivity index (χ1) is 12.3. The Bertz CT molecular complexity index is 1010. The molecule has 0 saturated carbocycles. The molecule has 0 saturated heterocycles. The van der Waals surface area contributed by atoms with Crippen LogP contribution >= 0.6 is 11.3 Å². The van der Waals surface area contributed by atoms with Crippen molar-refractivity contribution < 1.29 is 4.79 Å². The van der Waals surface area contributed by atoms with E-state index in [-0.39, 0.29) is 5.91 Å². The van der Waals surface area contributed by atoms with Gasteiger partial charge in [-0.1, -0.05) is 24.3 Å². The number of carbonyl (C=O) groups is 1. The van der Waals surface area contributed by atoms with E-state index in [2.05, 4.69) is 10.3 Å². The highest BCUT2D eigenvalue weighted by Crippen LogP contribution is 2.22. The van der Waals surface area contributed by atoms with Crippen molar-refractivity contribution in [3.8, 4) is 11.3 Å². The van der Waals surface area contributed by atoms with Gasteiger partial charge in [0.05, 0.1) is 5.69 Å². The molecular formula is C20H15N3OS. The molecule has 0 bridgehead atoms. The number of imidazole rings is 1. The largest absolute Gasteiger partial charge is 0.322 e. The minimum absolute atomic E-state index is 0.152. The summed E-state index contributed by atoms with van der Waals surface area (Å²) in [5.74, 6) is -0.152. The lowest BCUT2D eigenvalue weighted by Gasteiger charge is -2.04. The van der Waals surface area contributed by atoms with E-state index >= 15 is 0 Å². The summed E-state index contributed by atoms with van der Waals surface area (Å²) in [6, 6.07) is 17.5. The number of hydrogen-bond donors (Lipinski definition) is 1. The van der Waals surface area contributed by atoms with Crippen LogP contribution in [0.2, 0.25) is 0 Å². The summed E-state index contributed by atoms with van der Waals surface area (Å²) in [6.45, 7) is 0. The number of hydrogen-bond acceptors (Lipinski definition) is 3. The maximum absolute atomic E-state index is 12.1. The Balaban J connectivity index is 1.54. The van der Waals surface area contributed by atoms with Crippen LogP contribution in [-0.2, 0) is 4.79 Å². The average Bonchev–Trinajstić information content (AvgIpc) is 3.29. The second-order valence-corrected chi connectivity index (χ2v) is 6.49. The maximum atomic E-state index is 12.1. The molecule has 1 aromatic carbocycles. The molecule has 25 heavy (non-hydrogen) atoms. The zero-order chi connectivity index (χ0) is 17.1. The number of anilines is 1. The smallest absolute Gasteiger partial charge is 0.248 e. The summed E-state index contributed by atoms with van der Waals surface area (Å²) < 4.78 is 1.98. The summed E-state index contributed by atoms with van der Waals surface area (Å²) in [6.07, 6.45) is 7.30. The molecular weight excluding hydrogens is 330 g/mol. The summed E-state index contributed by atoms with van der Waals surface area (Å²) in [4.78, 5) is 17.7. The van der Waals surface area contributed by atoms with E-state index in [0.29, 0.717) is 0 Å². The number of carbonyl (C=O) groups excluding carboxylic acids is 1. The molecule has 0 aliphatic carbocycles. The van der Waals surface area contributed by atoms with Gasteiger partial charge in [0.15, 0.2) is 0 Å². The fraction of sp³-hybridized carbons (Fsp3) is 0. The van der Waals surface area contributed by atoms with Crippen molar-refractivity contribution in [3.63, 3.8) is 0 Å². The molecule has 0 aliphatic rings. The standard InChI is InChI=1S/C20H15N3OS/c24-20(10-9-17-7-4-12-25-17)21-16-6-3-5-15(13-16)18-14-23-11-2-1-8-19(23)22-18/h1-14H,(H,21,24)/b10-9+. The van der Waals surface area contributed by atoms with Gasteiger partial charge in [-0.15, -0.1) is 11.3 Å². The van der Waals surface area contributed by atoms with Crippen LogP contribution in [0.25, 0.3) is 23.0 Å². The molecule has 0 aliphatic heterocycles. The second-order valence-electron chi connectivity index (χ2n) is 5.51. The molecule has 0 unspecified atom stereocenters. The Morgan fingerprint density at radius 1 is 1.12 bits per heavy atom. The third-order valence-corrected chi connectivity index (χ3v) is 4.57. The van der Waals surface area contributed by atoms with Crippen molar-refractivity contribution in [2.45, 2.75) is 0 Å². The summed E-state index contributed by atoms with van der Waals surface area (Å²) in [5.41, 5.74) is 3.47. The van der Waals surface area contributed by atoms with E-state index in [9.17, 15) is 4.79 Å². The lowest BCUT2D eigenvalue weighted by Crippen LogP contribution is -2.07. The number of benzene rings is 1. The van der Waals surface area contributed by atoms with E-state index < -0.39 is 0 Å². The van der Waals surface area contributed by atoms with Gasteiger partial charge in [-0.2, -0.15) is 0 Å². The SMILES string of the molecule is O=C(/C=C/c1cccs1)Nc1cccc(-c2cn3ccccc3n2)c1. The van der Waals surface area contributed by atoms with Crippen molar-refractivity contribution in [1.82, 2.24) is 9.38 Å². The highest BCUT2D eigenvalue weighted by atomic mass is 32.1. The normalized spacial score (nSPS) is 11.2.